The number of hydrogen-bond acceptors (Lipinski definition) is 2. The lowest BCUT2D eigenvalue weighted by Crippen LogP contribution is -2.36. The van der Waals surface area contributed by atoms with Crippen molar-refractivity contribution in [2.24, 2.45) is 4.99 Å². The molecule has 3 rings (SSSR count). The van der Waals surface area contributed by atoms with Crippen LogP contribution in [0.15, 0.2) is 53.5 Å². The zero-order chi connectivity index (χ0) is 18.4. The van der Waals surface area contributed by atoms with Gasteiger partial charge in [0.2, 0.25) is 5.91 Å². The van der Waals surface area contributed by atoms with Crippen LogP contribution in [0.2, 0.25) is 0 Å². The van der Waals surface area contributed by atoms with Crippen molar-refractivity contribution in [3.63, 3.8) is 0 Å². The number of nitrogens with zero attached hydrogens (tertiary/aromatic N) is 2. The molecule has 1 amide bonds. The molecule has 6 heteroatoms. The molecule has 1 aliphatic heterocycles. The average Bonchev–Trinajstić information content (AvgIpc) is 3.10. The van der Waals surface area contributed by atoms with Crippen LogP contribution in [0.25, 0.3) is 0 Å². The summed E-state index contributed by atoms with van der Waals surface area (Å²) in [5.74, 6) is 0.629. The van der Waals surface area contributed by atoms with Crippen molar-refractivity contribution in [2.45, 2.75) is 25.9 Å². The molecule has 0 bridgehead atoms. The number of nitrogens with one attached hydrogen (secondary N) is 2. The van der Waals surface area contributed by atoms with E-state index in [9.17, 15) is 9.18 Å². The molecular formula is C20H23FN4O. The van der Waals surface area contributed by atoms with Gasteiger partial charge in [0.05, 0.1) is 0 Å². The van der Waals surface area contributed by atoms with Crippen LogP contribution < -0.4 is 15.5 Å². The third kappa shape index (κ3) is 4.59. The Morgan fingerprint density at radius 3 is 2.12 bits per heavy atom. The molecule has 26 heavy (non-hydrogen) atoms. The number of guanidine groups is 1. The van der Waals surface area contributed by atoms with E-state index in [0.29, 0.717) is 25.5 Å². The van der Waals surface area contributed by atoms with Crippen LogP contribution in [0.3, 0.4) is 0 Å². The molecule has 1 fully saturated rings. The molecule has 1 saturated heterocycles. The molecule has 2 N–H and O–H groups in total. The first kappa shape index (κ1) is 17.9. The number of carbonyl (C=O) groups excluding carboxylic acids is 1. The van der Waals surface area contributed by atoms with Gasteiger partial charge in [-0.05, 0) is 41.8 Å². The summed E-state index contributed by atoms with van der Waals surface area (Å²) in [7, 11) is 1.71. The lowest BCUT2D eigenvalue weighted by molar-refractivity contribution is -0.117. The summed E-state index contributed by atoms with van der Waals surface area (Å²) < 4.78 is 12.9. The highest BCUT2D eigenvalue weighted by atomic mass is 19.1. The van der Waals surface area contributed by atoms with Gasteiger partial charge in [-0.3, -0.25) is 9.79 Å². The smallest absolute Gasteiger partial charge is 0.227 e. The SMILES string of the molecule is CN=C(NCc1ccc(F)cc1)NCc1ccc(N2CCCC2=O)cc1. The van der Waals surface area contributed by atoms with Gasteiger partial charge in [-0.25, -0.2) is 4.39 Å². The maximum atomic E-state index is 12.9. The Kier molecular flexibility index (Phi) is 5.84. The normalized spacial score (nSPS) is 14.6. The predicted molar refractivity (Wildman–Crippen MR) is 101 cm³/mol. The first-order valence-corrected chi connectivity index (χ1v) is 8.74. The fourth-order valence-electron chi connectivity index (χ4n) is 2.91. The van der Waals surface area contributed by atoms with Crippen molar-refractivity contribution in [3.05, 3.63) is 65.5 Å². The fraction of sp³-hybridized carbons (Fsp3) is 0.300. The monoisotopic (exact) mass is 354 g/mol. The molecule has 5 nitrogen and oxygen atoms in total. The van der Waals surface area contributed by atoms with E-state index >= 15 is 0 Å². The molecule has 2 aromatic carbocycles. The molecule has 0 radical (unpaired) electrons. The van der Waals surface area contributed by atoms with Gasteiger partial charge in [-0.2, -0.15) is 0 Å². The second-order valence-corrected chi connectivity index (χ2v) is 6.22. The van der Waals surface area contributed by atoms with Gasteiger partial charge in [0.1, 0.15) is 5.82 Å². The topological polar surface area (TPSA) is 56.7 Å². The first-order chi connectivity index (χ1) is 12.7. The quantitative estimate of drug-likeness (QED) is 0.641. The number of rotatable bonds is 5. The third-order valence-corrected chi connectivity index (χ3v) is 4.38. The maximum Gasteiger partial charge on any atom is 0.227 e. The lowest BCUT2D eigenvalue weighted by atomic mass is 10.2. The van der Waals surface area contributed by atoms with Gasteiger partial charge < -0.3 is 15.5 Å². The van der Waals surface area contributed by atoms with Crippen molar-refractivity contribution < 1.29 is 9.18 Å². The van der Waals surface area contributed by atoms with Gasteiger partial charge in [-0.15, -0.1) is 0 Å². The van der Waals surface area contributed by atoms with E-state index in [1.54, 1.807) is 19.2 Å². The van der Waals surface area contributed by atoms with Gasteiger partial charge in [-0.1, -0.05) is 24.3 Å². The van der Waals surface area contributed by atoms with Crippen molar-refractivity contribution in [1.29, 1.82) is 0 Å². The minimum atomic E-state index is -0.240. The molecule has 1 aliphatic rings. The van der Waals surface area contributed by atoms with Crippen LogP contribution in [-0.2, 0) is 17.9 Å². The van der Waals surface area contributed by atoms with E-state index in [0.717, 1.165) is 29.8 Å². The Balaban J connectivity index is 1.50. The molecule has 0 aliphatic carbocycles. The summed E-state index contributed by atoms with van der Waals surface area (Å²) in [5.41, 5.74) is 3.04. The predicted octanol–water partition coefficient (Wildman–Crippen LogP) is 2.82. The van der Waals surface area contributed by atoms with Crippen LogP contribution in [0.4, 0.5) is 10.1 Å². The Morgan fingerprint density at radius 2 is 1.62 bits per heavy atom. The summed E-state index contributed by atoms with van der Waals surface area (Å²) >= 11 is 0. The van der Waals surface area contributed by atoms with E-state index in [1.807, 2.05) is 29.2 Å². The summed E-state index contributed by atoms with van der Waals surface area (Å²) in [6.45, 7) is 1.99. The van der Waals surface area contributed by atoms with Gasteiger partial charge in [0, 0.05) is 38.8 Å². The van der Waals surface area contributed by atoms with E-state index in [4.69, 9.17) is 0 Å². The molecule has 0 spiro atoms. The average molecular weight is 354 g/mol. The van der Waals surface area contributed by atoms with Crippen LogP contribution in [0.5, 0.6) is 0 Å². The summed E-state index contributed by atoms with van der Waals surface area (Å²) in [4.78, 5) is 17.8. The Bertz CT molecular complexity index is 771. The van der Waals surface area contributed by atoms with E-state index < -0.39 is 0 Å². The summed E-state index contributed by atoms with van der Waals surface area (Å²) in [5, 5.41) is 6.45. The number of benzene rings is 2. The highest BCUT2D eigenvalue weighted by Crippen LogP contribution is 2.21. The Morgan fingerprint density at radius 1 is 1.04 bits per heavy atom. The van der Waals surface area contributed by atoms with Gasteiger partial charge in [0.25, 0.3) is 0 Å². The number of aliphatic imine (C=N–C) groups is 1. The zero-order valence-electron chi connectivity index (χ0n) is 14.8. The largest absolute Gasteiger partial charge is 0.352 e. The summed E-state index contributed by atoms with van der Waals surface area (Å²) in [6, 6.07) is 14.4. The molecule has 0 atom stereocenters. The lowest BCUT2D eigenvalue weighted by Gasteiger charge is -2.16. The molecule has 136 valence electrons. The highest BCUT2D eigenvalue weighted by molar-refractivity contribution is 5.95. The number of carbonyl (C=O) groups is 1. The molecule has 2 aromatic rings. The molecular weight excluding hydrogens is 331 g/mol. The molecule has 1 heterocycles. The number of anilines is 1. The van der Waals surface area contributed by atoms with Crippen molar-refractivity contribution in [1.82, 2.24) is 10.6 Å². The number of hydrogen-bond donors (Lipinski definition) is 2. The highest BCUT2D eigenvalue weighted by Gasteiger charge is 2.21. The van der Waals surface area contributed by atoms with E-state index in [-0.39, 0.29) is 11.7 Å². The van der Waals surface area contributed by atoms with Crippen molar-refractivity contribution >= 4 is 17.6 Å². The van der Waals surface area contributed by atoms with E-state index in [1.165, 1.54) is 12.1 Å². The Labute approximate surface area is 152 Å². The van der Waals surface area contributed by atoms with E-state index in [2.05, 4.69) is 15.6 Å². The minimum absolute atomic E-state index is 0.196. The van der Waals surface area contributed by atoms with Crippen molar-refractivity contribution in [2.75, 3.05) is 18.5 Å². The fourth-order valence-corrected chi connectivity index (χ4v) is 2.91. The third-order valence-electron chi connectivity index (χ3n) is 4.38. The number of halogens is 1. The van der Waals surface area contributed by atoms with Gasteiger partial charge >= 0.3 is 0 Å². The summed E-state index contributed by atoms with van der Waals surface area (Å²) in [6.07, 6.45) is 1.57. The molecule has 0 unspecified atom stereocenters. The molecule has 0 saturated carbocycles. The Hall–Kier alpha value is -2.89. The standard InChI is InChI=1S/C20H23FN4O/c1-22-20(23-13-15-4-8-17(21)9-5-15)24-14-16-6-10-18(11-7-16)25-12-2-3-19(25)26/h4-11H,2-3,12-14H2,1H3,(H2,22,23,24). The van der Waals surface area contributed by atoms with Crippen molar-refractivity contribution in [3.8, 4) is 0 Å². The van der Waals surface area contributed by atoms with Gasteiger partial charge in [0.15, 0.2) is 5.96 Å². The van der Waals surface area contributed by atoms with Crippen LogP contribution in [0, 0.1) is 5.82 Å². The second kappa shape index (κ2) is 8.47. The minimum Gasteiger partial charge on any atom is -0.352 e. The first-order valence-electron chi connectivity index (χ1n) is 8.74. The van der Waals surface area contributed by atoms with Crippen LogP contribution in [-0.4, -0.2) is 25.5 Å². The van der Waals surface area contributed by atoms with Crippen LogP contribution in [0.1, 0.15) is 24.0 Å². The second-order valence-electron chi connectivity index (χ2n) is 6.22. The maximum absolute atomic E-state index is 12.9. The zero-order valence-corrected chi connectivity index (χ0v) is 14.8. The van der Waals surface area contributed by atoms with Crippen LogP contribution >= 0.6 is 0 Å². The molecule has 0 aromatic heterocycles. The number of amides is 1.